The van der Waals surface area contributed by atoms with Crippen molar-refractivity contribution < 1.29 is 14.6 Å². The van der Waals surface area contributed by atoms with Crippen molar-refractivity contribution in [3.8, 4) is 5.75 Å². The Labute approximate surface area is 101 Å². The number of aliphatic hydroxyl groups excluding tert-OH is 1. The second kappa shape index (κ2) is 6.10. The Morgan fingerprint density at radius 2 is 2.29 bits per heavy atom. The van der Waals surface area contributed by atoms with Gasteiger partial charge in [0, 0.05) is 24.4 Å². The molecule has 94 valence electrons. The predicted octanol–water partition coefficient (Wildman–Crippen LogP) is 0.778. The number of aliphatic hydroxyl groups is 1. The predicted molar refractivity (Wildman–Crippen MR) is 66.0 cm³/mol. The molecule has 4 N–H and O–H groups in total. The maximum Gasteiger partial charge on any atom is 0.255 e. The van der Waals surface area contributed by atoms with E-state index in [4.69, 9.17) is 15.6 Å². The van der Waals surface area contributed by atoms with Crippen LogP contribution in [0.15, 0.2) is 18.2 Å². The van der Waals surface area contributed by atoms with Crippen LogP contribution in [0.5, 0.6) is 5.75 Å². The van der Waals surface area contributed by atoms with Gasteiger partial charge in [0.05, 0.1) is 12.7 Å². The Bertz CT molecular complexity index is 393. The summed E-state index contributed by atoms with van der Waals surface area (Å²) in [4.78, 5) is 11.9. The van der Waals surface area contributed by atoms with E-state index >= 15 is 0 Å². The quantitative estimate of drug-likeness (QED) is 0.662. The lowest BCUT2D eigenvalue weighted by atomic mass is 10.1. The Balaban J connectivity index is 2.81. The van der Waals surface area contributed by atoms with Crippen LogP contribution in [-0.2, 0) is 0 Å². The molecule has 0 aliphatic heterocycles. The van der Waals surface area contributed by atoms with Crippen molar-refractivity contribution >= 4 is 11.6 Å². The van der Waals surface area contributed by atoms with Crippen LogP contribution in [0.3, 0.4) is 0 Å². The highest BCUT2D eigenvalue weighted by molar-refractivity contribution is 5.97. The minimum absolute atomic E-state index is 0.0420. The van der Waals surface area contributed by atoms with Gasteiger partial charge in [-0.25, -0.2) is 0 Å². The molecule has 0 saturated carbocycles. The first-order valence-corrected chi connectivity index (χ1v) is 5.43. The molecule has 5 nitrogen and oxygen atoms in total. The van der Waals surface area contributed by atoms with Crippen molar-refractivity contribution in [3.05, 3.63) is 23.8 Å². The van der Waals surface area contributed by atoms with Gasteiger partial charge in [0.15, 0.2) is 0 Å². The zero-order valence-corrected chi connectivity index (χ0v) is 10.1. The number of nitrogen functional groups attached to an aromatic ring is 1. The van der Waals surface area contributed by atoms with Crippen molar-refractivity contribution in [1.82, 2.24) is 5.32 Å². The zero-order chi connectivity index (χ0) is 12.8. The van der Waals surface area contributed by atoms with Crippen molar-refractivity contribution in [2.75, 3.05) is 19.5 Å². The number of anilines is 1. The molecule has 17 heavy (non-hydrogen) atoms. The third-order valence-corrected chi connectivity index (χ3v) is 2.41. The number of hydrogen-bond acceptors (Lipinski definition) is 4. The van der Waals surface area contributed by atoms with Gasteiger partial charge in [-0.1, -0.05) is 0 Å². The van der Waals surface area contributed by atoms with Crippen LogP contribution in [-0.4, -0.2) is 30.8 Å². The van der Waals surface area contributed by atoms with Crippen LogP contribution in [0.2, 0.25) is 0 Å². The summed E-state index contributed by atoms with van der Waals surface area (Å²) in [5, 5.41) is 11.5. The summed E-state index contributed by atoms with van der Waals surface area (Å²) < 4.78 is 5.10. The van der Waals surface area contributed by atoms with Crippen molar-refractivity contribution in [2.24, 2.45) is 0 Å². The maximum absolute atomic E-state index is 11.9. The summed E-state index contributed by atoms with van der Waals surface area (Å²) in [7, 11) is 1.49. The Morgan fingerprint density at radius 1 is 1.59 bits per heavy atom. The number of benzene rings is 1. The molecular weight excluding hydrogens is 220 g/mol. The van der Waals surface area contributed by atoms with Crippen LogP contribution in [0.1, 0.15) is 23.7 Å². The van der Waals surface area contributed by atoms with E-state index in [0.29, 0.717) is 23.4 Å². The second-order valence-electron chi connectivity index (χ2n) is 3.85. The van der Waals surface area contributed by atoms with Gasteiger partial charge in [0.2, 0.25) is 0 Å². The van der Waals surface area contributed by atoms with Gasteiger partial charge in [-0.3, -0.25) is 4.79 Å². The third-order valence-electron chi connectivity index (χ3n) is 2.41. The number of carbonyl (C=O) groups is 1. The van der Waals surface area contributed by atoms with Crippen molar-refractivity contribution in [1.29, 1.82) is 0 Å². The number of hydrogen-bond donors (Lipinski definition) is 3. The summed E-state index contributed by atoms with van der Waals surface area (Å²) in [6, 6.07) is 4.78. The van der Waals surface area contributed by atoms with Crippen LogP contribution in [0.4, 0.5) is 5.69 Å². The summed E-state index contributed by atoms with van der Waals surface area (Å²) >= 11 is 0. The molecule has 0 aliphatic carbocycles. The smallest absolute Gasteiger partial charge is 0.255 e. The van der Waals surface area contributed by atoms with Crippen molar-refractivity contribution in [2.45, 2.75) is 19.4 Å². The topological polar surface area (TPSA) is 84.6 Å². The van der Waals surface area contributed by atoms with E-state index in [1.54, 1.807) is 18.2 Å². The molecule has 1 unspecified atom stereocenters. The highest BCUT2D eigenvalue weighted by Gasteiger charge is 2.14. The molecule has 5 heteroatoms. The number of amides is 1. The monoisotopic (exact) mass is 238 g/mol. The number of ether oxygens (including phenoxy) is 1. The molecular formula is C12H18N2O3. The summed E-state index contributed by atoms with van der Waals surface area (Å²) in [6.45, 7) is 1.87. The third kappa shape index (κ3) is 3.64. The normalized spacial score (nSPS) is 11.9. The van der Waals surface area contributed by atoms with E-state index < -0.39 is 0 Å². The van der Waals surface area contributed by atoms with E-state index in [2.05, 4.69) is 5.32 Å². The molecule has 1 aromatic carbocycles. The number of carbonyl (C=O) groups excluding carboxylic acids is 1. The van der Waals surface area contributed by atoms with E-state index in [1.165, 1.54) is 7.11 Å². The molecule has 0 aliphatic rings. The minimum atomic E-state index is -0.234. The molecule has 0 spiro atoms. The van der Waals surface area contributed by atoms with E-state index in [-0.39, 0.29) is 18.6 Å². The van der Waals surface area contributed by atoms with Gasteiger partial charge in [-0.2, -0.15) is 0 Å². The van der Waals surface area contributed by atoms with Crippen LogP contribution < -0.4 is 15.8 Å². The number of rotatable bonds is 5. The highest BCUT2D eigenvalue weighted by atomic mass is 16.5. The first-order valence-electron chi connectivity index (χ1n) is 5.43. The number of nitrogens with two attached hydrogens (primary N) is 1. The highest BCUT2D eigenvalue weighted by Crippen LogP contribution is 2.21. The minimum Gasteiger partial charge on any atom is -0.496 e. The number of nitrogens with one attached hydrogen (secondary N) is 1. The van der Waals surface area contributed by atoms with Gasteiger partial charge in [0.25, 0.3) is 5.91 Å². The number of methoxy groups -OCH3 is 1. The zero-order valence-electron chi connectivity index (χ0n) is 10.1. The van der Waals surface area contributed by atoms with Gasteiger partial charge < -0.3 is 20.9 Å². The van der Waals surface area contributed by atoms with Gasteiger partial charge in [0.1, 0.15) is 5.75 Å². The molecule has 1 rings (SSSR count). The maximum atomic E-state index is 11.9. The second-order valence-corrected chi connectivity index (χ2v) is 3.85. The molecule has 1 amide bonds. The lowest BCUT2D eigenvalue weighted by Crippen LogP contribution is -2.33. The van der Waals surface area contributed by atoms with E-state index in [9.17, 15) is 4.79 Å². The van der Waals surface area contributed by atoms with Crippen LogP contribution in [0.25, 0.3) is 0 Å². The average Bonchev–Trinajstić information content (AvgIpc) is 2.28. The van der Waals surface area contributed by atoms with Crippen LogP contribution >= 0.6 is 0 Å². The average molecular weight is 238 g/mol. The van der Waals surface area contributed by atoms with Gasteiger partial charge >= 0.3 is 0 Å². The summed E-state index contributed by atoms with van der Waals surface area (Å²) in [6.07, 6.45) is 0.517. The fourth-order valence-electron chi connectivity index (χ4n) is 1.46. The lowest BCUT2D eigenvalue weighted by molar-refractivity contribution is 0.0931. The first-order chi connectivity index (χ1) is 8.08. The molecule has 0 fully saturated rings. The van der Waals surface area contributed by atoms with Crippen molar-refractivity contribution in [3.63, 3.8) is 0 Å². The largest absolute Gasteiger partial charge is 0.496 e. The Morgan fingerprint density at radius 3 is 2.88 bits per heavy atom. The summed E-state index contributed by atoms with van der Waals surface area (Å²) in [5.74, 6) is 0.210. The molecule has 1 atom stereocenters. The standard InChI is InChI=1S/C12H18N2O3/c1-8(5-6-15)14-12(16)10-4-3-9(13)7-11(10)17-2/h3-4,7-8,15H,5-6,13H2,1-2H3,(H,14,16). The lowest BCUT2D eigenvalue weighted by Gasteiger charge is -2.14. The molecule has 0 aromatic heterocycles. The molecule has 0 radical (unpaired) electrons. The van der Waals surface area contributed by atoms with Gasteiger partial charge in [-0.15, -0.1) is 0 Å². The van der Waals surface area contributed by atoms with Gasteiger partial charge in [-0.05, 0) is 25.5 Å². The van der Waals surface area contributed by atoms with E-state index in [0.717, 1.165) is 0 Å². The Hall–Kier alpha value is -1.75. The van der Waals surface area contributed by atoms with E-state index in [1.807, 2.05) is 6.92 Å². The summed E-state index contributed by atoms with van der Waals surface area (Å²) in [5.41, 5.74) is 6.59. The van der Waals surface area contributed by atoms with Crippen LogP contribution in [0, 0.1) is 0 Å². The molecule has 1 aromatic rings. The molecule has 0 bridgehead atoms. The molecule has 0 saturated heterocycles. The first kappa shape index (κ1) is 13.3. The fraction of sp³-hybridized carbons (Fsp3) is 0.417. The molecule has 0 heterocycles. The Kier molecular flexibility index (Phi) is 4.78. The fourth-order valence-corrected chi connectivity index (χ4v) is 1.46. The SMILES string of the molecule is COc1cc(N)ccc1C(=O)NC(C)CCO.